The molecule has 2 aromatic rings. The quantitative estimate of drug-likeness (QED) is 0.590. The van der Waals surface area contributed by atoms with E-state index in [9.17, 15) is 9.59 Å². The van der Waals surface area contributed by atoms with Crippen molar-refractivity contribution in [3.8, 4) is 11.5 Å². The van der Waals surface area contributed by atoms with Crippen LogP contribution in [-0.4, -0.2) is 57.2 Å². The number of amides is 2. The molecule has 1 aliphatic heterocycles. The molecule has 8 nitrogen and oxygen atoms in total. The molecular formula is C24H32N4O4. The lowest BCUT2D eigenvalue weighted by Gasteiger charge is -2.26. The molecule has 1 heterocycles. The van der Waals surface area contributed by atoms with Gasteiger partial charge in [0, 0.05) is 49.7 Å². The van der Waals surface area contributed by atoms with Crippen molar-refractivity contribution in [1.29, 1.82) is 0 Å². The summed E-state index contributed by atoms with van der Waals surface area (Å²) in [7, 11) is 3.74. The zero-order valence-corrected chi connectivity index (χ0v) is 19.2. The number of hydrogen-bond acceptors (Lipinski definition) is 6. The summed E-state index contributed by atoms with van der Waals surface area (Å²) in [6.45, 7) is 7.17. The van der Waals surface area contributed by atoms with Crippen LogP contribution in [0.1, 0.15) is 25.0 Å². The molecule has 0 atom stereocenters. The van der Waals surface area contributed by atoms with Gasteiger partial charge in [0.15, 0.2) is 0 Å². The fraction of sp³-hybridized carbons (Fsp3) is 0.417. The van der Waals surface area contributed by atoms with Gasteiger partial charge in [0.25, 0.3) is 0 Å². The van der Waals surface area contributed by atoms with E-state index >= 15 is 0 Å². The number of ether oxygens (including phenoxy) is 2. The number of methoxy groups -OCH3 is 1. The molecule has 3 rings (SSSR count). The largest absolute Gasteiger partial charge is 0.496 e. The van der Waals surface area contributed by atoms with Crippen LogP contribution in [0.2, 0.25) is 0 Å². The lowest BCUT2D eigenvalue weighted by Crippen LogP contribution is -2.38. The SMILES string of the molecule is CCc1cc(N(C)CCN(CC)CC(=O)Nc2ccc3c(c2)OC(=O)NC3)ccc1OC. The van der Waals surface area contributed by atoms with E-state index in [1.165, 1.54) is 5.56 Å². The van der Waals surface area contributed by atoms with Gasteiger partial charge >= 0.3 is 6.09 Å². The number of aryl methyl sites for hydroxylation is 1. The van der Waals surface area contributed by atoms with Gasteiger partial charge in [0.1, 0.15) is 11.5 Å². The predicted octanol–water partition coefficient (Wildman–Crippen LogP) is 3.26. The summed E-state index contributed by atoms with van der Waals surface area (Å²) >= 11 is 0. The second-order valence-corrected chi connectivity index (χ2v) is 7.75. The number of nitrogens with one attached hydrogen (secondary N) is 2. The monoisotopic (exact) mass is 440 g/mol. The average molecular weight is 441 g/mol. The first-order chi connectivity index (χ1) is 15.4. The lowest BCUT2D eigenvalue weighted by atomic mass is 10.1. The number of carbonyl (C=O) groups excluding carboxylic acids is 2. The van der Waals surface area contributed by atoms with E-state index in [1.807, 2.05) is 25.1 Å². The minimum atomic E-state index is -0.481. The molecule has 172 valence electrons. The van der Waals surface area contributed by atoms with Crippen molar-refractivity contribution in [3.63, 3.8) is 0 Å². The number of hydrogen-bond donors (Lipinski definition) is 2. The molecule has 0 fully saturated rings. The van der Waals surface area contributed by atoms with Crippen LogP contribution in [-0.2, 0) is 17.8 Å². The van der Waals surface area contributed by atoms with E-state index in [2.05, 4.69) is 46.5 Å². The summed E-state index contributed by atoms with van der Waals surface area (Å²) in [4.78, 5) is 28.3. The molecule has 2 amide bonds. The smallest absolute Gasteiger partial charge is 0.412 e. The maximum atomic E-state index is 12.6. The van der Waals surface area contributed by atoms with Gasteiger partial charge in [0.2, 0.25) is 5.91 Å². The Kier molecular flexibility index (Phi) is 7.94. The van der Waals surface area contributed by atoms with Crippen LogP contribution in [0.3, 0.4) is 0 Å². The van der Waals surface area contributed by atoms with Gasteiger partial charge in [-0.3, -0.25) is 9.69 Å². The molecule has 0 spiro atoms. The predicted molar refractivity (Wildman–Crippen MR) is 126 cm³/mol. The Bertz CT molecular complexity index is 963. The first-order valence-electron chi connectivity index (χ1n) is 10.9. The molecule has 0 bridgehead atoms. The highest BCUT2D eigenvalue weighted by Gasteiger charge is 2.17. The van der Waals surface area contributed by atoms with Crippen molar-refractivity contribution < 1.29 is 19.1 Å². The van der Waals surface area contributed by atoms with E-state index in [0.717, 1.165) is 43.1 Å². The third-order valence-electron chi connectivity index (χ3n) is 5.63. The van der Waals surface area contributed by atoms with Crippen LogP contribution in [0.15, 0.2) is 36.4 Å². The highest BCUT2D eigenvalue weighted by atomic mass is 16.6. The van der Waals surface area contributed by atoms with Gasteiger partial charge in [-0.2, -0.15) is 0 Å². The van der Waals surface area contributed by atoms with Crippen molar-refractivity contribution >= 4 is 23.4 Å². The molecule has 0 unspecified atom stereocenters. The molecule has 1 aliphatic rings. The van der Waals surface area contributed by atoms with Crippen LogP contribution >= 0.6 is 0 Å². The van der Waals surface area contributed by atoms with Gasteiger partial charge in [0.05, 0.1) is 13.7 Å². The third kappa shape index (κ3) is 5.91. The highest BCUT2D eigenvalue weighted by Crippen LogP contribution is 2.26. The maximum Gasteiger partial charge on any atom is 0.412 e. The summed E-state index contributed by atoms with van der Waals surface area (Å²) in [5.74, 6) is 1.28. The van der Waals surface area contributed by atoms with Crippen molar-refractivity contribution in [1.82, 2.24) is 10.2 Å². The Labute approximate surface area is 189 Å². The number of fused-ring (bicyclic) bond motifs is 1. The average Bonchev–Trinajstić information content (AvgIpc) is 2.80. The summed E-state index contributed by atoms with van der Waals surface area (Å²) < 4.78 is 10.6. The number of anilines is 2. The first-order valence-corrected chi connectivity index (χ1v) is 10.9. The van der Waals surface area contributed by atoms with Crippen LogP contribution in [0.25, 0.3) is 0 Å². The Morgan fingerprint density at radius 3 is 2.72 bits per heavy atom. The molecule has 0 saturated heterocycles. The zero-order valence-electron chi connectivity index (χ0n) is 19.2. The molecule has 2 N–H and O–H groups in total. The van der Waals surface area contributed by atoms with Crippen molar-refractivity contribution in [2.75, 3.05) is 50.6 Å². The van der Waals surface area contributed by atoms with Gasteiger partial charge in [-0.05, 0) is 42.8 Å². The third-order valence-corrected chi connectivity index (χ3v) is 5.63. The Hall–Kier alpha value is -3.26. The Balaban J connectivity index is 1.53. The van der Waals surface area contributed by atoms with E-state index in [4.69, 9.17) is 9.47 Å². The Morgan fingerprint density at radius 2 is 2.00 bits per heavy atom. The molecule has 0 aromatic heterocycles. The van der Waals surface area contributed by atoms with Gasteiger partial charge in [-0.15, -0.1) is 0 Å². The number of nitrogens with zero attached hydrogens (tertiary/aromatic N) is 2. The highest BCUT2D eigenvalue weighted by molar-refractivity contribution is 5.92. The van der Waals surface area contributed by atoms with Crippen molar-refractivity contribution in [2.24, 2.45) is 0 Å². The molecule has 32 heavy (non-hydrogen) atoms. The fourth-order valence-electron chi connectivity index (χ4n) is 3.63. The fourth-order valence-corrected chi connectivity index (χ4v) is 3.63. The number of benzene rings is 2. The van der Waals surface area contributed by atoms with Crippen LogP contribution in [0.5, 0.6) is 11.5 Å². The number of likely N-dealkylation sites (N-methyl/N-ethyl adjacent to an activating group) is 2. The first kappa shape index (κ1) is 23.4. The van der Waals surface area contributed by atoms with Crippen LogP contribution in [0.4, 0.5) is 16.2 Å². The standard InChI is InChI=1S/C24H32N4O4/c1-5-17-13-20(9-10-21(17)31-4)27(3)11-12-28(6-2)16-23(29)26-19-8-7-18-15-25-24(30)32-22(18)14-19/h7-10,13-14H,5-6,11-12,15-16H2,1-4H3,(H,25,30)(H,26,29). The van der Waals surface area contributed by atoms with Gasteiger partial charge in [-0.1, -0.05) is 19.9 Å². The van der Waals surface area contributed by atoms with Crippen LogP contribution < -0.4 is 25.0 Å². The number of rotatable bonds is 10. The number of carbonyl (C=O) groups is 2. The molecule has 2 aromatic carbocycles. The summed E-state index contributed by atoms with van der Waals surface area (Å²) in [6.07, 6.45) is 0.426. The minimum Gasteiger partial charge on any atom is -0.496 e. The summed E-state index contributed by atoms with van der Waals surface area (Å²) in [5.41, 5.74) is 3.80. The maximum absolute atomic E-state index is 12.6. The van der Waals surface area contributed by atoms with Crippen LogP contribution in [0, 0.1) is 0 Å². The van der Waals surface area contributed by atoms with E-state index in [1.54, 1.807) is 13.2 Å². The molecule has 8 heteroatoms. The molecule has 0 aliphatic carbocycles. The molecule has 0 radical (unpaired) electrons. The summed E-state index contributed by atoms with van der Waals surface area (Å²) in [6, 6.07) is 11.6. The van der Waals surface area contributed by atoms with Gasteiger partial charge in [-0.25, -0.2) is 4.79 Å². The molecular weight excluding hydrogens is 408 g/mol. The van der Waals surface area contributed by atoms with Crippen molar-refractivity contribution in [3.05, 3.63) is 47.5 Å². The second-order valence-electron chi connectivity index (χ2n) is 7.75. The molecule has 0 saturated carbocycles. The Morgan fingerprint density at radius 1 is 1.19 bits per heavy atom. The lowest BCUT2D eigenvalue weighted by molar-refractivity contribution is -0.117. The zero-order chi connectivity index (χ0) is 23.1. The van der Waals surface area contributed by atoms with Gasteiger partial charge < -0.3 is 25.0 Å². The topological polar surface area (TPSA) is 83.1 Å². The van der Waals surface area contributed by atoms with E-state index in [-0.39, 0.29) is 12.5 Å². The normalized spacial score (nSPS) is 12.6. The second kappa shape index (κ2) is 10.9. The van der Waals surface area contributed by atoms with Crippen molar-refractivity contribution in [2.45, 2.75) is 26.8 Å². The minimum absolute atomic E-state index is 0.104. The summed E-state index contributed by atoms with van der Waals surface area (Å²) in [5, 5.41) is 5.51. The van der Waals surface area contributed by atoms with E-state index in [0.29, 0.717) is 18.0 Å². The van der Waals surface area contributed by atoms with E-state index < -0.39 is 6.09 Å².